The largest absolute Gasteiger partial charge is 0.478 e. The van der Waals surface area contributed by atoms with Crippen molar-refractivity contribution < 1.29 is 9.90 Å². The van der Waals surface area contributed by atoms with Gasteiger partial charge in [-0.25, -0.2) is 9.78 Å². The smallest absolute Gasteiger partial charge is 0.335 e. The summed E-state index contributed by atoms with van der Waals surface area (Å²) in [5, 5.41) is 9.02. The third kappa shape index (κ3) is 3.60. The number of carbonyl (C=O) groups is 1. The number of imidazole rings is 1. The van der Waals surface area contributed by atoms with Crippen LogP contribution in [0.5, 0.6) is 0 Å². The molecule has 1 aliphatic heterocycles. The van der Waals surface area contributed by atoms with Crippen LogP contribution < -0.4 is 0 Å². The number of aromatic carboxylic acids is 1. The van der Waals surface area contributed by atoms with E-state index in [0.717, 1.165) is 44.4 Å². The summed E-state index contributed by atoms with van der Waals surface area (Å²) in [7, 11) is 0. The molecule has 2 aromatic carbocycles. The van der Waals surface area contributed by atoms with Crippen LogP contribution in [-0.2, 0) is 13.0 Å². The molecule has 1 N–H and O–H groups in total. The van der Waals surface area contributed by atoms with Crippen LogP contribution in [0, 0.1) is 0 Å². The van der Waals surface area contributed by atoms with E-state index in [1.807, 2.05) is 12.1 Å². The fourth-order valence-corrected chi connectivity index (χ4v) is 4.10. The average Bonchev–Trinajstić information content (AvgIpc) is 3.08. The Kier molecular flexibility index (Phi) is 4.94. The monoisotopic (exact) mass is 363 g/mol. The lowest BCUT2D eigenvalue weighted by Crippen LogP contribution is -2.34. The highest BCUT2D eigenvalue weighted by atomic mass is 16.4. The summed E-state index contributed by atoms with van der Waals surface area (Å²) in [6.07, 6.45) is 3.17. The van der Waals surface area contributed by atoms with E-state index in [0.29, 0.717) is 11.6 Å². The summed E-state index contributed by atoms with van der Waals surface area (Å²) < 4.78 is 2.45. The molecule has 140 valence electrons. The van der Waals surface area contributed by atoms with Crippen LogP contribution in [0.4, 0.5) is 0 Å². The number of nitrogens with zero attached hydrogens (tertiary/aromatic N) is 3. The number of benzene rings is 2. The number of rotatable bonds is 5. The van der Waals surface area contributed by atoms with Crippen LogP contribution in [0.25, 0.3) is 11.0 Å². The molecular formula is C22H25N3O2. The summed E-state index contributed by atoms with van der Waals surface area (Å²) in [4.78, 5) is 18.3. The number of fused-ring (bicyclic) bond motifs is 1. The zero-order chi connectivity index (χ0) is 18.8. The molecule has 5 heteroatoms. The van der Waals surface area contributed by atoms with E-state index < -0.39 is 5.97 Å². The molecule has 27 heavy (non-hydrogen) atoms. The van der Waals surface area contributed by atoms with Crippen LogP contribution in [0.1, 0.15) is 47.6 Å². The Morgan fingerprint density at radius 2 is 1.81 bits per heavy atom. The van der Waals surface area contributed by atoms with E-state index in [1.165, 1.54) is 16.9 Å². The number of para-hydroxylation sites is 2. The first-order valence-corrected chi connectivity index (χ1v) is 9.66. The van der Waals surface area contributed by atoms with Gasteiger partial charge in [-0.05, 0) is 42.7 Å². The Balaban J connectivity index is 1.44. The second-order valence-electron chi connectivity index (χ2n) is 7.25. The molecule has 0 unspecified atom stereocenters. The molecule has 0 bridgehead atoms. The summed E-state index contributed by atoms with van der Waals surface area (Å²) in [5.41, 5.74) is 3.85. The highest BCUT2D eigenvalue weighted by molar-refractivity contribution is 5.87. The van der Waals surface area contributed by atoms with Gasteiger partial charge in [0.2, 0.25) is 0 Å². The number of hydrogen-bond donors (Lipinski definition) is 1. The number of hydrogen-bond acceptors (Lipinski definition) is 3. The number of piperidine rings is 1. The summed E-state index contributed by atoms with van der Waals surface area (Å²) >= 11 is 0. The van der Waals surface area contributed by atoms with E-state index in [2.05, 4.69) is 40.7 Å². The lowest BCUT2D eigenvalue weighted by atomic mass is 10.0. The van der Waals surface area contributed by atoms with Crippen molar-refractivity contribution in [1.82, 2.24) is 14.5 Å². The highest BCUT2D eigenvalue weighted by Crippen LogP contribution is 2.29. The molecule has 0 amide bonds. The van der Waals surface area contributed by atoms with Gasteiger partial charge in [-0.2, -0.15) is 0 Å². The standard InChI is InChI=1S/C22H25N3O2/c1-2-21-23-19-5-3-4-6-20(19)25(21)18-11-13-24(14-12-18)15-16-7-9-17(10-8-16)22(26)27/h3-10,18H,2,11-15H2,1H3,(H,26,27). The Bertz CT molecular complexity index is 938. The van der Waals surface area contributed by atoms with Gasteiger partial charge >= 0.3 is 5.97 Å². The summed E-state index contributed by atoms with van der Waals surface area (Å²) in [6, 6.07) is 16.2. The predicted molar refractivity (Wildman–Crippen MR) is 106 cm³/mol. The number of carboxylic acids is 1. The minimum atomic E-state index is -0.873. The van der Waals surface area contributed by atoms with Crippen molar-refractivity contribution in [3.63, 3.8) is 0 Å². The normalized spacial score (nSPS) is 16.0. The molecule has 5 nitrogen and oxygen atoms in total. The highest BCUT2D eigenvalue weighted by Gasteiger charge is 2.24. The molecule has 2 heterocycles. The number of likely N-dealkylation sites (tertiary alicyclic amines) is 1. The van der Waals surface area contributed by atoms with Crippen LogP contribution in [0.3, 0.4) is 0 Å². The SMILES string of the molecule is CCc1nc2ccccc2n1C1CCN(Cc2ccc(C(=O)O)cc2)CC1. The molecular weight excluding hydrogens is 338 g/mol. The number of carboxylic acid groups (broad SMARTS) is 1. The minimum Gasteiger partial charge on any atom is -0.478 e. The molecule has 0 saturated carbocycles. The third-order valence-electron chi connectivity index (χ3n) is 5.51. The Morgan fingerprint density at radius 3 is 2.48 bits per heavy atom. The van der Waals surface area contributed by atoms with Crippen molar-refractivity contribution in [3.05, 3.63) is 65.5 Å². The van der Waals surface area contributed by atoms with Crippen LogP contribution in [0.2, 0.25) is 0 Å². The first-order chi connectivity index (χ1) is 13.2. The van der Waals surface area contributed by atoms with E-state index in [1.54, 1.807) is 12.1 Å². The van der Waals surface area contributed by atoms with Gasteiger partial charge in [0, 0.05) is 32.1 Å². The first-order valence-electron chi connectivity index (χ1n) is 9.66. The van der Waals surface area contributed by atoms with Crippen molar-refractivity contribution in [2.24, 2.45) is 0 Å². The molecule has 0 aliphatic carbocycles. The zero-order valence-electron chi connectivity index (χ0n) is 15.6. The quantitative estimate of drug-likeness (QED) is 0.740. The zero-order valence-corrected chi connectivity index (χ0v) is 15.6. The molecule has 1 saturated heterocycles. The van der Waals surface area contributed by atoms with Gasteiger partial charge in [0.1, 0.15) is 5.82 Å². The van der Waals surface area contributed by atoms with Crippen molar-refractivity contribution in [2.75, 3.05) is 13.1 Å². The topological polar surface area (TPSA) is 58.4 Å². The van der Waals surface area contributed by atoms with E-state index >= 15 is 0 Å². The summed E-state index contributed by atoms with van der Waals surface area (Å²) in [6.45, 7) is 5.13. The van der Waals surface area contributed by atoms with Crippen molar-refractivity contribution in [2.45, 2.75) is 38.8 Å². The molecule has 1 aliphatic rings. The third-order valence-corrected chi connectivity index (χ3v) is 5.51. The van der Waals surface area contributed by atoms with E-state index in [4.69, 9.17) is 10.1 Å². The van der Waals surface area contributed by atoms with Crippen LogP contribution in [-0.4, -0.2) is 38.6 Å². The molecule has 1 aromatic heterocycles. The van der Waals surface area contributed by atoms with Gasteiger partial charge in [-0.3, -0.25) is 4.90 Å². The fourth-order valence-electron chi connectivity index (χ4n) is 4.10. The number of aromatic nitrogens is 2. The molecule has 0 radical (unpaired) electrons. The molecule has 0 atom stereocenters. The second kappa shape index (κ2) is 7.53. The maximum atomic E-state index is 11.0. The molecule has 4 rings (SSSR count). The molecule has 1 fully saturated rings. The van der Waals surface area contributed by atoms with Crippen LogP contribution in [0.15, 0.2) is 48.5 Å². The maximum Gasteiger partial charge on any atom is 0.335 e. The van der Waals surface area contributed by atoms with Crippen molar-refractivity contribution >= 4 is 17.0 Å². The van der Waals surface area contributed by atoms with E-state index in [9.17, 15) is 4.79 Å². The predicted octanol–water partition coefficient (Wildman–Crippen LogP) is 4.13. The number of aryl methyl sites for hydroxylation is 1. The van der Waals surface area contributed by atoms with E-state index in [-0.39, 0.29) is 0 Å². The van der Waals surface area contributed by atoms with Gasteiger partial charge in [0.05, 0.1) is 16.6 Å². The van der Waals surface area contributed by atoms with Gasteiger partial charge in [-0.1, -0.05) is 31.2 Å². The molecule has 3 aromatic rings. The maximum absolute atomic E-state index is 11.0. The fraction of sp³-hybridized carbons (Fsp3) is 0.364. The second-order valence-corrected chi connectivity index (χ2v) is 7.25. The van der Waals surface area contributed by atoms with Crippen molar-refractivity contribution in [3.8, 4) is 0 Å². The van der Waals surface area contributed by atoms with Gasteiger partial charge in [-0.15, -0.1) is 0 Å². The Labute approximate surface area is 159 Å². The Hall–Kier alpha value is -2.66. The first kappa shape index (κ1) is 17.7. The van der Waals surface area contributed by atoms with Gasteiger partial charge in [0.15, 0.2) is 0 Å². The van der Waals surface area contributed by atoms with Crippen LogP contribution >= 0.6 is 0 Å². The van der Waals surface area contributed by atoms with Gasteiger partial charge in [0.25, 0.3) is 0 Å². The van der Waals surface area contributed by atoms with Gasteiger partial charge < -0.3 is 9.67 Å². The lowest BCUT2D eigenvalue weighted by molar-refractivity contribution is 0.0697. The average molecular weight is 363 g/mol. The minimum absolute atomic E-state index is 0.344. The van der Waals surface area contributed by atoms with Crippen molar-refractivity contribution in [1.29, 1.82) is 0 Å². The lowest BCUT2D eigenvalue weighted by Gasteiger charge is -2.33. The summed E-state index contributed by atoms with van der Waals surface area (Å²) in [5.74, 6) is 0.306. The molecule has 0 spiro atoms. The Morgan fingerprint density at radius 1 is 1.11 bits per heavy atom.